The van der Waals surface area contributed by atoms with Gasteiger partial charge in [-0.15, -0.1) is 0 Å². The van der Waals surface area contributed by atoms with E-state index in [0.29, 0.717) is 22.6 Å². The third kappa shape index (κ3) is 1.61. The van der Waals surface area contributed by atoms with Crippen LogP contribution in [0.4, 0.5) is 0 Å². The predicted octanol–water partition coefficient (Wildman–Crippen LogP) is 2.79. The van der Waals surface area contributed by atoms with E-state index in [4.69, 9.17) is 9.47 Å². The Hall–Kier alpha value is -2.62. The lowest BCUT2D eigenvalue weighted by Gasteiger charge is -2.17. The van der Waals surface area contributed by atoms with E-state index in [1.807, 2.05) is 12.1 Å². The highest BCUT2D eigenvalue weighted by Crippen LogP contribution is 2.38. The Labute approximate surface area is 115 Å². The summed E-state index contributed by atoms with van der Waals surface area (Å²) in [6, 6.07) is 7.16. The third-order valence-electron chi connectivity index (χ3n) is 3.42. The van der Waals surface area contributed by atoms with Crippen LogP contribution in [0, 0.1) is 0 Å². The Morgan fingerprint density at radius 3 is 2.35 bits per heavy atom. The molecular weight excluding hydrogens is 256 g/mol. The van der Waals surface area contributed by atoms with Crippen molar-refractivity contribution in [1.82, 2.24) is 0 Å². The maximum absolute atomic E-state index is 12.1. The van der Waals surface area contributed by atoms with Gasteiger partial charge in [0.25, 0.3) is 0 Å². The molecule has 0 atom stereocenters. The van der Waals surface area contributed by atoms with Crippen molar-refractivity contribution in [2.24, 2.45) is 0 Å². The second-order valence-electron chi connectivity index (χ2n) is 4.45. The molecule has 1 aliphatic rings. The minimum absolute atomic E-state index is 0.203. The Kier molecular flexibility index (Phi) is 2.79. The molecule has 2 aromatic carbocycles. The minimum Gasteiger partial charge on any atom is -0.496 e. The van der Waals surface area contributed by atoms with Gasteiger partial charge in [-0.25, -0.2) is 0 Å². The van der Waals surface area contributed by atoms with Crippen molar-refractivity contribution in [2.45, 2.75) is 0 Å². The molecule has 0 unspecified atom stereocenters. The Bertz CT molecular complexity index is 772. The SMILES string of the molecule is COc1cccc2c(OC)c3c(cc12)C(=O)C=CC3=O. The highest BCUT2D eigenvalue weighted by atomic mass is 16.5. The lowest BCUT2D eigenvalue weighted by Crippen LogP contribution is -2.13. The van der Waals surface area contributed by atoms with Crippen molar-refractivity contribution < 1.29 is 19.1 Å². The smallest absolute Gasteiger partial charge is 0.190 e. The highest BCUT2D eigenvalue weighted by Gasteiger charge is 2.26. The van der Waals surface area contributed by atoms with Gasteiger partial charge in [0, 0.05) is 16.3 Å². The molecule has 0 heterocycles. The van der Waals surface area contributed by atoms with Gasteiger partial charge in [-0.2, -0.15) is 0 Å². The summed E-state index contributed by atoms with van der Waals surface area (Å²) in [6.07, 6.45) is 2.56. The van der Waals surface area contributed by atoms with Gasteiger partial charge < -0.3 is 9.47 Å². The van der Waals surface area contributed by atoms with E-state index in [9.17, 15) is 9.59 Å². The zero-order valence-electron chi connectivity index (χ0n) is 11.1. The van der Waals surface area contributed by atoms with Gasteiger partial charge in [0.1, 0.15) is 11.5 Å². The fourth-order valence-electron chi connectivity index (χ4n) is 2.52. The molecule has 3 rings (SSSR count). The summed E-state index contributed by atoms with van der Waals surface area (Å²) in [5.74, 6) is 0.629. The van der Waals surface area contributed by atoms with Crippen molar-refractivity contribution in [3.8, 4) is 11.5 Å². The number of ether oxygens (including phenoxy) is 2. The van der Waals surface area contributed by atoms with E-state index >= 15 is 0 Å². The topological polar surface area (TPSA) is 52.6 Å². The average molecular weight is 268 g/mol. The molecule has 0 saturated carbocycles. The van der Waals surface area contributed by atoms with Crippen molar-refractivity contribution in [2.75, 3.05) is 14.2 Å². The highest BCUT2D eigenvalue weighted by molar-refractivity contribution is 6.25. The van der Waals surface area contributed by atoms with E-state index in [-0.39, 0.29) is 11.6 Å². The Morgan fingerprint density at radius 2 is 1.65 bits per heavy atom. The van der Waals surface area contributed by atoms with Gasteiger partial charge in [-0.1, -0.05) is 12.1 Å². The molecule has 0 spiro atoms. The van der Waals surface area contributed by atoms with Gasteiger partial charge in [-0.05, 0) is 24.3 Å². The number of benzene rings is 2. The second kappa shape index (κ2) is 4.49. The summed E-state index contributed by atoms with van der Waals surface area (Å²) in [4.78, 5) is 24.1. The van der Waals surface area contributed by atoms with Crippen LogP contribution in [0.1, 0.15) is 20.7 Å². The second-order valence-corrected chi connectivity index (χ2v) is 4.45. The summed E-state index contributed by atoms with van der Waals surface area (Å²) in [5.41, 5.74) is 0.673. The van der Waals surface area contributed by atoms with Crippen LogP contribution < -0.4 is 9.47 Å². The van der Waals surface area contributed by atoms with Gasteiger partial charge in [0.15, 0.2) is 11.6 Å². The summed E-state index contributed by atoms with van der Waals surface area (Å²) < 4.78 is 10.7. The molecule has 1 aliphatic carbocycles. The number of methoxy groups -OCH3 is 2. The zero-order chi connectivity index (χ0) is 14.3. The normalized spacial score (nSPS) is 13.5. The molecule has 0 amide bonds. The number of carbonyl (C=O) groups excluding carboxylic acids is 2. The van der Waals surface area contributed by atoms with Crippen LogP contribution in [0.25, 0.3) is 10.8 Å². The molecule has 4 heteroatoms. The van der Waals surface area contributed by atoms with Crippen LogP contribution in [0.2, 0.25) is 0 Å². The molecule has 4 nitrogen and oxygen atoms in total. The zero-order valence-corrected chi connectivity index (χ0v) is 11.1. The summed E-state index contributed by atoms with van der Waals surface area (Å²) in [6.45, 7) is 0. The van der Waals surface area contributed by atoms with Gasteiger partial charge in [-0.3, -0.25) is 9.59 Å². The first-order valence-corrected chi connectivity index (χ1v) is 6.12. The monoisotopic (exact) mass is 268 g/mol. The van der Waals surface area contributed by atoms with Crippen molar-refractivity contribution in [1.29, 1.82) is 0 Å². The molecule has 0 fully saturated rings. The van der Waals surface area contributed by atoms with Crippen molar-refractivity contribution in [3.05, 3.63) is 47.5 Å². The number of allylic oxidation sites excluding steroid dienone is 2. The molecule has 0 aromatic heterocycles. The van der Waals surface area contributed by atoms with Crippen LogP contribution in [0.3, 0.4) is 0 Å². The van der Waals surface area contributed by atoms with E-state index in [1.165, 1.54) is 19.3 Å². The molecule has 0 bridgehead atoms. The maximum Gasteiger partial charge on any atom is 0.190 e. The van der Waals surface area contributed by atoms with Crippen LogP contribution in [0.5, 0.6) is 11.5 Å². The molecular formula is C16H12O4. The predicted molar refractivity (Wildman–Crippen MR) is 74.9 cm³/mol. The van der Waals surface area contributed by atoms with E-state index in [2.05, 4.69) is 0 Å². The minimum atomic E-state index is -0.221. The molecule has 20 heavy (non-hydrogen) atoms. The number of hydrogen-bond acceptors (Lipinski definition) is 4. The first-order valence-electron chi connectivity index (χ1n) is 6.12. The van der Waals surface area contributed by atoms with E-state index < -0.39 is 0 Å². The molecule has 2 aromatic rings. The van der Waals surface area contributed by atoms with Crippen molar-refractivity contribution >= 4 is 22.3 Å². The van der Waals surface area contributed by atoms with Crippen LogP contribution in [0.15, 0.2) is 36.4 Å². The third-order valence-corrected chi connectivity index (χ3v) is 3.42. The number of carbonyl (C=O) groups is 2. The van der Waals surface area contributed by atoms with E-state index in [0.717, 1.165) is 10.8 Å². The maximum atomic E-state index is 12.1. The standard InChI is InChI=1S/C16H12O4/c1-19-14-5-3-4-9-10(14)8-11-12(17)6-7-13(18)15(11)16(9)20-2/h3-8H,1-2H3. The fraction of sp³-hybridized carbons (Fsp3) is 0.125. The lowest BCUT2D eigenvalue weighted by atomic mass is 9.90. The summed E-state index contributed by atoms with van der Waals surface area (Å²) in [7, 11) is 3.05. The molecule has 0 N–H and O–H groups in total. The van der Waals surface area contributed by atoms with Gasteiger partial charge in [0.05, 0.1) is 19.8 Å². The van der Waals surface area contributed by atoms with Gasteiger partial charge >= 0.3 is 0 Å². The van der Waals surface area contributed by atoms with Gasteiger partial charge in [0.2, 0.25) is 0 Å². The molecule has 0 aliphatic heterocycles. The molecule has 100 valence electrons. The number of hydrogen-bond donors (Lipinski definition) is 0. The summed E-state index contributed by atoms with van der Waals surface area (Å²) in [5, 5.41) is 1.50. The first-order chi connectivity index (χ1) is 9.67. The largest absolute Gasteiger partial charge is 0.496 e. The molecule has 0 radical (unpaired) electrons. The lowest BCUT2D eigenvalue weighted by molar-refractivity contribution is 0.0992. The number of fused-ring (bicyclic) bond motifs is 2. The Morgan fingerprint density at radius 1 is 0.900 bits per heavy atom. The molecule has 0 saturated heterocycles. The number of ketones is 2. The summed E-state index contributed by atoms with van der Waals surface area (Å²) >= 11 is 0. The van der Waals surface area contributed by atoms with E-state index in [1.54, 1.807) is 19.2 Å². The van der Waals surface area contributed by atoms with Crippen LogP contribution >= 0.6 is 0 Å². The first kappa shape index (κ1) is 12.4. The average Bonchev–Trinajstić information content (AvgIpc) is 2.48. The fourth-order valence-corrected chi connectivity index (χ4v) is 2.52. The Balaban J connectivity index is 2.48. The number of rotatable bonds is 2. The quantitative estimate of drug-likeness (QED) is 0.840. The van der Waals surface area contributed by atoms with Crippen molar-refractivity contribution in [3.63, 3.8) is 0 Å². The van der Waals surface area contributed by atoms with Crippen LogP contribution in [-0.2, 0) is 0 Å². The van der Waals surface area contributed by atoms with Crippen LogP contribution in [-0.4, -0.2) is 25.8 Å².